The fourth-order valence-corrected chi connectivity index (χ4v) is 2.38. The smallest absolute Gasteiger partial charge is 0.338 e. The van der Waals surface area contributed by atoms with E-state index >= 15 is 0 Å². The van der Waals surface area contributed by atoms with Gasteiger partial charge >= 0.3 is 5.97 Å². The first-order chi connectivity index (χ1) is 9.20. The lowest BCUT2D eigenvalue weighted by molar-refractivity contribution is -0.214. The Morgan fingerprint density at radius 3 is 2.58 bits per heavy atom. The molecule has 0 N–H and O–H groups in total. The molecule has 5 heteroatoms. The van der Waals surface area contributed by atoms with Crippen LogP contribution in [0.3, 0.4) is 0 Å². The lowest BCUT2D eigenvalue weighted by Crippen LogP contribution is -2.47. The lowest BCUT2D eigenvalue weighted by Gasteiger charge is -2.30. The van der Waals surface area contributed by atoms with Crippen LogP contribution < -0.4 is 0 Å². The van der Waals surface area contributed by atoms with Crippen LogP contribution in [0.4, 0.5) is 0 Å². The van der Waals surface area contributed by atoms with Gasteiger partial charge in [-0.25, -0.2) is 4.79 Å². The largest absolute Gasteiger partial charge is 0.450 e. The predicted octanol–water partition coefficient (Wildman–Crippen LogP) is 1.37. The van der Waals surface area contributed by atoms with Gasteiger partial charge in [0.1, 0.15) is 12.2 Å². The van der Waals surface area contributed by atoms with Gasteiger partial charge in [0.05, 0.1) is 11.7 Å². The van der Waals surface area contributed by atoms with E-state index in [-0.39, 0.29) is 24.3 Å². The SMILES string of the molecule is CO[C@@H]1O[C@H](C)[C@@H]2O[C@@H]2[C@@H]1OC(=O)c1ccccc1. The van der Waals surface area contributed by atoms with E-state index in [4.69, 9.17) is 18.9 Å². The van der Waals surface area contributed by atoms with Gasteiger partial charge in [-0.1, -0.05) is 18.2 Å². The molecular formula is C14H16O5. The highest BCUT2D eigenvalue weighted by Crippen LogP contribution is 2.39. The Hall–Kier alpha value is -1.43. The van der Waals surface area contributed by atoms with Crippen molar-refractivity contribution >= 4 is 5.97 Å². The molecule has 0 spiro atoms. The zero-order chi connectivity index (χ0) is 13.4. The van der Waals surface area contributed by atoms with Gasteiger partial charge in [-0.3, -0.25) is 0 Å². The average molecular weight is 264 g/mol. The second-order valence-electron chi connectivity index (χ2n) is 4.75. The van der Waals surface area contributed by atoms with Crippen LogP contribution in [0, 0.1) is 0 Å². The van der Waals surface area contributed by atoms with Gasteiger partial charge in [-0.2, -0.15) is 0 Å². The predicted molar refractivity (Wildman–Crippen MR) is 65.7 cm³/mol. The third-order valence-corrected chi connectivity index (χ3v) is 3.45. The molecule has 0 bridgehead atoms. The minimum atomic E-state index is -0.577. The van der Waals surface area contributed by atoms with Gasteiger partial charge in [0.15, 0.2) is 12.4 Å². The van der Waals surface area contributed by atoms with Crippen LogP contribution >= 0.6 is 0 Å². The molecule has 5 atom stereocenters. The van der Waals surface area contributed by atoms with Gasteiger partial charge in [0.25, 0.3) is 0 Å². The Morgan fingerprint density at radius 2 is 1.89 bits per heavy atom. The summed E-state index contributed by atoms with van der Waals surface area (Å²) in [5.41, 5.74) is 0.508. The van der Waals surface area contributed by atoms with Crippen molar-refractivity contribution < 1.29 is 23.7 Å². The molecule has 5 nitrogen and oxygen atoms in total. The van der Waals surface area contributed by atoms with Crippen LogP contribution in [0.15, 0.2) is 30.3 Å². The third kappa shape index (κ3) is 2.36. The summed E-state index contributed by atoms with van der Waals surface area (Å²) >= 11 is 0. The first kappa shape index (κ1) is 12.6. The van der Waals surface area contributed by atoms with Gasteiger partial charge in [-0.15, -0.1) is 0 Å². The molecule has 19 heavy (non-hydrogen) atoms. The highest BCUT2D eigenvalue weighted by molar-refractivity contribution is 5.89. The van der Waals surface area contributed by atoms with E-state index in [9.17, 15) is 4.79 Å². The fourth-order valence-electron chi connectivity index (χ4n) is 2.38. The molecule has 0 aliphatic carbocycles. The van der Waals surface area contributed by atoms with Gasteiger partial charge in [0, 0.05) is 7.11 Å². The van der Waals surface area contributed by atoms with E-state index in [0.29, 0.717) is 5.56 Å². The summed E-state index contributed by atoms with van der Waals surface area (Å²) in [5.74, 6) is -0.389. The van der Waals surface area contributed by atoms with Crippen molar-refractivity contribution in [3.8, 4) is 0 Å². The van der Waals surface area contributed by atoms with E-state index in [0.717, 1.165) is 0 Å². The topological polar surface area (TPSA) is 57.3 Å². The molecule has 2 heterocycles. The quantitative estimate of drug-likeness (QED) is 0.609. The molecular weight excluding hydrogens is 248 g/mol. The number of ether oxygens (including phenoxy) is 4. The Labute approximate surface area is 111 Å². The number of carbonyl (C=O) groups is 1. The first-order valence-electron chi connectivity index (χ1n) is 6.30. The maximum atomic E-state index is 12.0. The molecule has 1 aromatic rings. The second-order valence-corrected chi connectivity index (χ2v) is 4.75. The number of hydrogen-bond donors (Lipinski definition) is 0. The molecule has 2 aliphatic rings. The van der Waals surface area contributed by atoms with E-state index in [1.165, 1.54) is 7.11 Å². The van der Waals surface area contributed by atoms with Crippen LogP contribution in [-0.4, -0.2) is 43.8 Å². The van der Waals surface area contributed by atoms with Crippen LogP contribution in [0.1, 0.15) is 17.3 Å². The lowest BCUT2D eigenvalue weighted by atomic mass is 10.1. The molecule has 0 aromatic heterocycles. The summed E-state index contributed by atoms with van der Waals surface area (Å²) in [6.07, 6.45) is -1.26. The fraction of sp³-hybridized carbons (Fsp3) is 0.500. The Kier molecular flexibility index (Phi) is 3.26. The van der Waals surface area contributed by atoms with Crippen LogP contribution in [0.25, 0.3) is 0 Å². The van der Waals surface area contributed by atoms with E-state index in [1.54, 1.807) is 24.3 Å². The summed E-state index contributed by atoms with van der Waals surface area (Å²) in [4.78, 5) is 12.0. The zero-order valence-electron chi connectivity index (χ0n) is 10.8. The van der Waals surface area contributed by atoms with Crippen molar-refractivity contribution in [1.29, 1.82) is 0 Å². The minimum absolute atomic E-state index is 0.0000247. The van der Waals surface area contributed by atoms with E-state index in [2.05, 4.69) is 0 Å². The highest BCUT2D eigenvalue weighted by atomic mass is 16.7. The molecule has 2 saturated heterocycles. The Morgan fingerprint density at radius 1 is 1.16 bits per heavy atom. The van der Waals surface area contributed by atoms with Gasteiger partial charge in [0.2, 0.25) is 0 Å². The van der Waals surface area contributed by atoms with Crippen molar-refractivity contribution in [2.24, 2.45) is 0 Å². The Bertz CT molecular complexity index is 460. The highest BCUT2D eigenvalue weighted by Gasteiger charge is 2.58. The molecule has 1 aromatic carbocycles. The summed E-state index contributed by atoms with van der Waals surface area (Å²) in [5, 5.41) is 0. The molecule has 2 fully saturated rings. The summed E-state index contributed by atoms with van der Waals surface area (Å²) < 4.78 is 21.8. The molecule has 0 unspecified atom stereocenters. The molecule has 3 rings (SSSR count). The number of methoxy groups -OCH3 is 1. The zero-order valence-corrected chi connectivity index (χ0v) is 10.8. The molecule has 0 radical (unpaired) electrons. The number of rotatable bonds is 3. The molecule has 102 valence electrons. The van der Waals surface area contributed by atoms with Gasteiger partial charge < -0.3 is 18.9 Å². The second kappa shape index (κ2) is 4.92. The van der Waals surface area contributed by atoms with Gasteiger partial charge in [-0.05, 0) is 19.1 Å². The molecule has 0 amide bonds. The van der Waals surface area contributed by atoms with Crippen molar-refractivity contribution in [2.45, 2.75) is 37.6 Å². The maximum absolute atomic E-state index is 12.0. The summed E-state index contributed by atoms with van der Waals surface area (Å²) in [6, 6.07) is 8.85. The Balaban J connectivity index is 1.70. The van der Waals surface area contributed by atoms with Crippen molar-refractivity contribution in [3.63, 3.8) is 0 Å². The van der Waals surface area contributed by atoms with Crippen LogP contribution in [0.2, 0.25) is 0 Å². The summed E-state index contributed by atoms with van der Waals surface area (Å²) in [6.45, 7) is 1.92. The maximum Gasteiger partial charge on any atom is 0.338 e. The van der Waals surface area contributed by atoms with E-state index in [1.807, 2.05) is 13.0 Å². The third-order valence-electron chi connectivity index (χ3n) is 3.45. The number of hydrogen-bond acceptors (Lipinski definition) is 5. The monoisotopic (exact) mass is 264 g/mol. The van der Waals surface area contributed by atoms with Crippen molar-refractivity contribution in [1.82, 2.24) is 0 Å². The van der Waals surface area contributed by atoms with Crippen molar-refractivity contribution in [2.75, 3.05) is 7.11 Å². The number of benzene rings is 1. The number of fused-ring (bicyclic) bond motifs is 1. The minimum Gasteiger partial charge on any atom is -0.450 e. The molecule has 2 aliphatic heterocycles. The van der Waals surface area contributed by atoms with Crippen molar-refractivity contribution in [3.05, 3.63) is 35.9 Å². The average Bonchev–Trinajstić information content (AvgIpc) is 3.23. The van der Waals surface area contributed by atoms with Crippen LogP contribution in [0.5, 0.6) is 0 Å². The standard InChI is InChI=1S/C14H16O5/c1-8-10-11(18-10)12(14(16-2)17-8)19-13(15)9-6-4-3-5-7-9/h3-8,10-12,14H,1-2H3/t8-,10+,11+,12+,14-/m1/s1. The molecule has 0 saturated carbocycles. The number of epoxide rings is 1. The first-order valence-corrected chi connectivity index (χ1v) is 6.30. The van der Waals surface area contributed by atoms with E-state index < -0.39 is 12.4 Å². The number of carbonyl (C=O) groups excluding carboxylic acids is 1. The normalized spacial score (nSPS) is 36.4. The summed E-state index contributed by atoms with van der Waals surface area (Å²) in [7, 11) is 1.53. The number of esters is 1. The van der Waals surface area contributed by atoms with Crippen LogP contribution in [-0.2, 0) is 18.9 Å².